The Labute approximate surface area is 113 Å². The molecule has 0 radical (unpaired) electrons. The molecule has 0 fully saturated rings. The van der Waals surface area contributed by atoms with Crippen LogP contribution in [0.4, 0.5) is 0 Å². The molecule has 1 heterocycles. The van der Waals surface area contributed by atoms with Crippen LogP contribution < -0.4 is 14.8 Å². The Morgan fingerprint density at radius 2 is 2.32 bits per heavy atom. The largest absolute Gasteiger partial charge is 0.497 e. The van der Waals surface area contributed by atoms with Gasteiger partial charge >= 0.3 is 0 Å². The first-order chi connectivity index (χ1) is 9.08. The lowest BCUT2D eigenvalue weighted by Crippen LogP contribution is -2.33. The summed E-state index contributed by atoms with van der Waals surface area (Å²) in [7, 11) is 1.65. The zero-order valence-corrected chi connectivity index (χ0v) is 11.5. The molecule has 0 unspecified atom stereocenters. The molecule has 2 rings (SSSR count). The van der Waals surface area contributed by atoms with E-state index in [9.17, 15) is 4.79 Å². The van der Waals surface area contributed by atoms with Gasteiger partial charge in [0.15, 0.2) is 0 Å². The predicted molar refractivity (Wildman–Crippen MR) is 73.6 cm³/mol. The van der Waals surface area contributed by atoms with E-state index in [1.807, 2.05) is 32.0 Å². The van der Waals surface area contributed by atoms with Gasteiger partial charge in [0.25, 0.3) is 0 Å². The van der Waals surface area contributed by atoms with Gasteiger partial charge in [0, 0.05) is 18.1 Å². The summed E-state index contributed by atoms with van der Waals surface area (Å²) >= 11 is 0. The molecule has 1 aromatic rings. The van der Waals surface area contributed by atoms with Crippen LogP contribution in [0.25, 0.3) is 0 Å². The van der Waals surface area contributed by atoms with E-state index in [1.54, 1.807) is 13.2 Å². The molecule has 1 aliphatic heterocycles. The molecule has 0 aromatic heterocycles. The molecule has 0 saturated carbocycles. The van der Waals surface area contributed by atoms with Gasteiger partial charge < -0.3 is 14.8 Å². The van der Waals surface area contributed by atoms with Crippen molar-refractivity contribution in [2.24, 2.45) is 0 Å². The first kappa shape index (κ1) is 13.5. The van der Waals surface area contributed by atoms with Crippen LogP contribution in [0.1, 0.15) is 19.4 Å². The first-order valence-corrected chi connectivity index (χ1v) is 6.35. The smallest absolute Gasteiger partial charge is 0.244 e. The minimum absolute atomic E-state index is 0.00313. The summed E-state index contributed by atoms with van der Waals surface area (Å²) < 4.78 is 11.0. The quantitative estimate of drug-likeness (QED) is 0.844. The lowest BCUT2D eigenvalue weighted by molar-refractivity contribution is -0.116. The zero-order valence-electron chi connectivity index (χ0n) is 11.5. The molecule has 1 amide bonds. The molecule has 0 saturated heterocycles. The van der Waals surface area contributed by atoms with Crippen molar-refractivity contribution in [2.45, 2.75) is 26.4 Å². The highest BCUT2D eigenvalue weighted by Gasteiger charge is 2.23. The monoisotopic (exact) mass is 261 g/mol. The molecule has 1 atom stereocenters. The normalized spacial score (nSPS) is 16.3. The maximum absolute atomic E-state index is 11.5. The van der Waals surface area contributed by atoms with E-state index in [4.69, 9.17) is 9.47 Å². The van der Waals surface area contributed by atoms with Gasteiger partial charge in [-0.1, -0.05) is 5.57 Å². The van der Waals surface area contributed by atoms with Crippen LogP contribution in [0.5, 0.6) is 11.5 Å². The number of hydrogen-bond acceptors (Lipinski definition) is 3. The lowest BCUT2D eigenvalue weighted by atomic mass is 10.1. The average molecular weight is 261 g/mol. The van der Waals surface area contributed by atoms with Gasteiger partial charge in [-0.25, -0.2) is 0 Å². The van der Waals surface area contributed by atoms with Crippen molar-refractivity contribution >= 4 is 5.91 Å². The molecule has 1 N–H and O–H groups in total. The molecule has 102 valence electrons. The molecule has 19 heavy (non-hydrogen) atoms. The number of ether oxygens (including phenoxy) is 2. The van der Waals surface area contributed by atoms with E-state index >= 15 is 0 Å². The number of carbonyl (C=O) groups is 1. The van der Waals surface area contributed by atoms with Crippen LogP contribution >= 0.6 is 0 Å². The highest BCUT2D eigenvalue weighted by atomic mass is 16.5. The van der Waals surface area contributed by atoms with Gasteiger partial charge in [-0.15, -0.1) is 0 Å². The van der Waals surface area contributed by atoms with Gasteiger partial charge in [-0.3, -0.25) is 4.79 Å². The number of nitrogens with one attached hydrogen (secondary N) is 1. The minimum atomic E-state index is -0.0721. The fourth-order valence-electron chi connectivity index (χ4n) is 2.07. The molecule has 0 spiro atoms. The number of amides is 1. The van der Waals surface area contributed by atoms with Crippen molar-refractivity contribution in [3.63, 3.8) is 0 Å². The maximum atomic E-state index is 11.5. The SMILES string of the molecule is COc1ccc2c(c1)C[C@@H](CNC(=O)C=C(C)C)O2. The number of rotatable bonds is 4. The van der Waals surface area contributed by atoms with Crippen molar-refractivity contribution in [2.75, 3.05) is 13.7 Å². The third-order valence-electron chi connectivity index (χ3n) is 2.93. The predicted octanol–water partition coefficient (Wildman–Crippen LogP) is 2.08. The maximum Gasteiger partial charge on any atom is 0.244 e. The second-order valence-electron chi connectivity index (χ2n) is 4.88. The molecule has 0 bridgehead atoms. The van der Waals surface area contributed by atoms with Crippen LogP contribution in [0.3, 0.4) is 0 Å². The summed E-state index contributed by atoms with van der Waals surface area (Å²) in [5, 5.41) is 2.85. The van der Waals surface area contributed by atoms with E-state index in [0.717, 1.165) is 29.1 Å². The van der Waals surface area contributed by atoms with Crippen molar-refractivity contribution in [3.8, 4) is 11.5 Å². The van der Waals surface area contributed by atoms with Gasteiger partial charge in [-0.05, 0) is 32.0 Å². The van der Waals surface area contributed by atoms with E-state index in [0.29, 0.717) is 6.54 Å². The summed E-state index contributed by atoms with van der Waals surface area (Å²) in [6.45, 7) is 4.31. The Bertz CT molecular complexity index is 504. The van der Waals surface area contributed by atoms with Crippen LogP contribution in [0.2, 0.25) is 0 Å². The van der Waals surface area contributed by atoms with Crippen molar-refractivity contribution in [1.29, 1.82) is 0 Å². The first-order valence-electron chi connectivity index (χ1n) is 6.35. The Morgan fingerprint density at radius 1 is 1.53 bits per heavy atom. The Hall–Kier alpha value is -1.97. The Morgan fingerprint density at radius 3 is 3.00 bits per heavy atom. The third-order valence-corrected chi connectivity index (χ3v) is 2.93. The number of benzene rings is 1. The average Bonchev–Trinajstić information content (AvgIpc) is 2.77. The zero-order chi connectivity index (χ0) is 13.8. The van der Waals surface area contributed by atoms with Crippen LogP contribution in [0, 0.1) is 0 Å². The molecule has 0 aliphatic carbocycles. The molecule has 1 aromatic carbocycles. The third kappa shape index (κ3) is 3.50. The summed E-state index contributed by atoms with van der Waals surface area (Å²) in [5.41, 5.74) is 2.11. The second-order valence-corrected chi connectivity index (χ2v) is 4.88. The number of fused-ring (bicyclic) bond motifs is 1. The Balaban J connectivity index is 1.90. The highest BCUT2D eigenvalue weighted by molar-refractivity contribution is 5.88. The molecule has 4 nitrogen and oxygen atoms in total. The van der Waals surface area contributed by atoms with Crippen molar-refractivity contribution in [3.05, 3.63) is 35.4 Å². The van der Waals surface area contributed by atoms with Crippen molar-refractivity contribution in [1.82, 2.24) is 5.32 Å². The van der Waals surface area contributed by atoms with Gasteiger partial charge in [-0.2, -0.15) is 0 Å². The highest BCUT2D eigenvalue weighted by Crippen LogP contribution is 2.31. The van der Waals surface area contributed by atoms with Gasteiger partial charge in [0.05, 0.1) is 13.7 Å². The van der Waals surface area contributed by atoms with E-state index in [-0.39, 0.29) is 12.0 Å². The molecular formula is C15H19NO3. The topological polar surface area (TPSA) is 47.6 Å². The summed E-state index contributed by atoms with van der Waals surface area (Å²) in [6, 6.07) is 5.77. The number of methoxy groups -OCH3 is 1. The Kier molecular flexibility index (Phi) is 4.10. The van der Waals surface area contributed by atoms with Crippen LogP contribution in [-0.4, -0.2) is 25.7 Å². The number of hydrogen-bond donors (Lipinski definition) is 1. The van der Waals surface area contributed by atoms with E-state index in [1.165, 1.54) is 0 Å². The van der Waals surface area contributed by atoms with E-state index < -0.39 is 0 Å². The standard InChI is InChI=1S/C15H19NO3/c1-10(2)6-15(17)16-9-13-8-11-7-12(18-3)4-5-14(11)19-13/h4-7,13H,8-9H2,1-3H3,(H,16,17)/t13-/m0/s1. The van der Waals surface area contributed by atoms with Gasteiger partial charge in [0.2, 0.25) is 5.91 Å². The number of carbonyl (C=O) groups excluding carboxylic acids is 1. The summed E-state index contributed by atoms with van der Waals surface area (Å²) in [4.78, 5) is 11.5. The van der Waals surface area contributed by atoms with Gasteiger partial charge in [0.1, 0.15) is 17.6 Å². The van der Waals surface area contributed by atoms with Crippen LogP contribution in [-0.2, 0) is 11.2 Å². The number of allylic oxidation sites excluding steroid dienone is 1. The minimum Gasteiger partial charge on any atom is -0.497 e. The lowest BCUT2D eigenvalue weighted by Gasteiger charge is -2.10. The second kappa shape index (κ2) is 5.78. The summed E-state index contributed by atoms with van der Waals surface area (Å²) in [6.07, 6.45) is 2.38. The van der Waals surface area contributed by atoms with Crippen molar-refractivity contribution < 1.29 is 14.3 Å². The fourth-order valence-corrected chi connectivity index (χ4v) is 2.07. The molecule has 1 aliphatic rings. The molecular weight excluding hydrogens is 242 g/mol. The van der Waals surface area contributed by atoms with E-state index in [2.05, 4.69) is 5.32 Å². The fraction of sp³-hybridized carbons (Fsp3) is 0.400. The molecule has 4 heteroatoms. The summed E-state index contributed by atoms with van der Waals surface area (Å²) in [5.74, 6) is 1.64. The van der Waals surface area contributed by atoms with Crippen LogP contribution in [0.15, 0.2) is 29.8 Å².